The molecule has 2 heteroatoms. The van der Waals surface area contributed by atoms with Gasteiger partial charge in [-0.05, 0) is 18.9 Å². The monoisotopic (exact) mass is 157 g/mol. The van der Waals surface area contributed by atoms with Crippen molar-refractivity contribution in [2.75, 3.05) is 0 Å². The molecule has 0 bridgehead atoms. The molecule has 11 heavy (non-hydrogen) atoms. The molecule has 1 aliphatic heterocycles. The van der Waals surface area contributed by atoms with Crippen molar-refractivity contribution in [1.82, 2.24) is 5.48 Å². The van der Waals surface area contributed by atoms with Crippen LogP contribution in [0.5, 0.6) is 0 Å². The first-order valence-corrected chi connectivity index (χ1v) is 4.31. The Labute approximate surface area is 69.6 Å². The summed E-state index contributed by atoms with van der Waals surface area (Å²) in [5.74, 6) is 1.59. The molecule has 0 spiro atoms. The second kappa shape index (κ2) is 5.19. The average Bonchev–Trinajstić information content (AvgIpc) is 2.40. The largest absolute Gasteiger partial charge is 0.413 e. The van der Waals surface area contributed by atoms with Gasteiger partial charge in [0.1, 0.15) is 5.76 Å². The SMILES string of the molecule is CC.CC1=CC(C(C)C)NO1. The third kappa shape index (κ3) is 3.42. The number of allylic oxidation sites excluding steroid dienone is 1. The molecule has 1 N–H and O–H groups in total. The van der Waals surface area contributed by atoms with Gasteiger partial charge < -0.3 is 4.84 Å². The molecule has 0 radical (unpaired) electrons. The van der Waals surface area contributed by atoms with Crippen LogP contribution in [0.1, 0.15) is 34.6 Å². The van der Waals surface area contributed by atoms with Crippen molar-refractivity contribution in [2.24, 2.45) is 5.92 Å². The molecule has 0 saturated carbocycles. The molecule has 0 aliphatic carbocycles. The van der Waals surface area contributed by atoms with Gasteiger partial charge in [0.05, 0.1) is 6.04 Å². The van der Waals surface area contributed by atoms with Gasteiger partial charge in [-0.1, -0.05) is 27.7 Å². The molecule has 2 nitrogen and oxygen atoms in total. The lowest BCUT2D eigenvalue weighted by Gasteiger charge is -2.09. The van der Waals surface area contributed by atoms with Gasteiger partial charge in [0.25, 0.3) is 0 Å². The van der Waals surface area contributed by atoms with E-state index in [2.05, 4.69) is 25.4 Å². The number of hydrogen-bond acceptors (Lipinski definition) is 2. The van der Waals surface area contributed by atoms with E-state index in [4.69, 9.17) is 4.84 Å². The normalized spacial score (nSPS) is 22.0. The van der Waals surface area contributed by atoms with Crippen LogP contribution in [-0.2, 0) is 4.84 Å². The lowest BCUT2D eigenvalue weighted by atomic mass is 10.1. The van der Waals surface area contributed by atoms with E-state index in [0.717, 1.165) is 5.76 Å². The molecule has 66 valence electrons. The van der Waals surface area contributed by atoms with Gasteiger partial charge in [0.15, 0.2) is 0 Å². The van der Waals surface area contributed by atoms with Crippen LogP contribution in [0.25, 0.3) is 0 Å². The van der Waals surface area contributed by atoms with E-state index < -0.39 is 0 Å². The minimum absolute atomic E-state index is 0.407. The molecule has 0 saturated heterocycles. The molecule has 0 aromatic heterocycles. The standard InChI is InChI=1S/C7H13NO.C2H6/c1-5(2)7-4-6(3)9-8-7;1-2/h4-5,7-8H,1-3H3;1-2H3. The molecule has 1 atom stereocenters. The summed E-state index contributed by atoms with van der Waals surface area (Å²) in [5.41, 5.74) is 2.91. The Hall–Kier alpha value is -0.500. The van der Waals surface area contributed by atoms with E-state index in [-0.39, 0.29) is 0 Å². The van der Waals surface area contributed by atoms with E-state index in [1.165, 1.54) is 0 Å². The third-order valence-corrected chi connectivity index (χ3v) is 1.49. The van der Waals surface area contributed by atoms with Crippen LogP contribution >= 0.6 is 0 Å². The number of hydroxylamine groups is 1. The first kappa shape index (κ1) is 10.5. The highest BCUT2D eigenvalue weighted by Crippen LogP contribution is 2.12. The molecule has 1 unspecified atom stereocenters. The Bertz CT molecular complexity index is 130. The van der Waals surface area contributed by atoms with Crippen LogP contribution in [0.15, 0.2) is 11.8 Å². The Morgan fingerprint density at radius 2 is 2.00 bits per heavy atom. The van der Waals surface area contributed by atoms with Crippen LogP contribution in [0.4, 0.5) is 0 Å². The number of nitrogens with one attached hydrogen (secondary N) is 1. The van der Waals surface area contributed by atoms with Crippen LogP contribution in [0.2, 0.25) is 0 Å². The molecule has 1 aliphatic rings. The number of hydrogen-bond donors (Lipinski definition) is 1. The highest BCUT2D eigenvalue weighted by atomic mass is 16.7. The van der Waals surface area contributed by atoms with Gasteiger partial charge in [-0.2, -0.15) is 0 Å². The summed E-state index contributed by atoms with van der Waals surface area (Å²) in [6.45, 7) is 10.3. The summed E-state index contributed by atoms with van der Waals surface area (Å²) in [6, 6.07) is 0.407. The molecule has 0 aromatic carbocycles. The molecular formula is C9H19NO. The van der Waals surface area contributed by atoms with E-state index in [0.29, 0.717) is 12.0 Å². The van der Waals surface area contributed by atoms with E-state index >= 15 is 0 Å². The summed E-state index contributed by atoms with van der Waals surface area (Å²) in [7, 11) is 0. The van der Waals surface area contributed by atoms with Crippen LogP contribution in [0.3, 0.4) is 0 Å². The van der Waals surface area contributed by atoms with E-state index in [9.17, 15) is 0 Å². The Morgan fingerprint density at radius 1 is 1.45 bits per heavy atom. The van der Waals surface area contributed by atoms with Crippen molar-refractivity contribution in [3.05, 3.63) is 11.8 Å². The second-order valence-electron chi connectivity index (χ2n) is 2.77. The first-order chi connectivity index (χ1) is 5.20. The summed E-state index contributed by atoms with van der Waals surface area (Å²) < 4.78 is 0. The summed E-state index contributed by atoms with van der Waals surface area (Å²) in [4.78, 5) is 5.04. The minimum atomic E-state index is 0.407. The summed E-state index contributed by atoms with van der Waals surface area (Å²) >= 11 is 0. The lowest BCUT2D eigenvalue weighted by Crippen LogP contribution is -2.25. The van der Waals surface area contributed by atoms with Gasteiger partial charge in [0, 0.05) is 0 Å². The minimum Gasteiger partial charge on any atom is -0.413 e. The van der Waals surface area contributed by atoms with Crippen molar-refractivity contribution in [2.45, 2.75) is 40.7 Å². The maximum absolute atomic E-state index is 5.04. The lowest BCUT2D eigenvalue weighted by molar-refractivity contribution is 0.106. The molecule has 1 heterocycles. The molecule has 0 aromatic rings. The highest BCUT2D eigenvalue weighted by Gasteiger charge is 2.16. The van der Waals surface area contributed by atoms with Crippen LogP contribution in [-0.4, -0.2) is 6.04 Å². The molecule has 1 rings (SSSR count). The highest BCUT2D eigenvalue weighted by molar-refractivity contribution is 5.02. The average molecular weight is 157 g/mol. The zero-order valence-corrected chi connectivity index (χ0v) is 8.14. The van der Waals surface area contributed by atoms with Gasteiger partial charge >= 0.3 is 0 Å². The van der Waals surface area contributed by atoms with Crippen molar-refractivity contribution in [3.63, 3.8) is 0 Å². The van der Waals surface area contributed by atoms with E-state index in [1.54, 1.807) is 0 Å². The zero-order valence-electron chi connectivity index (χ0n) is 8.14. The Kier molecular flexibility index (Phi) is 4.95. The van der Waals surface area contributed by atoms with Crippen molar-refractivity contribution in [1.29, 1.82) is 0 Å². The van der Waals surface area contributed by atoms with Crippen molar-refractivity contribution >= 4 is 0 Å². The quantitative estimate of drug-likeness (QED) is 0.631. The Balaban J connectivity index is 0.000000461. The fraction of sp³-hybridized carbons (Fsp3) is 0.778. The van der Waals surface area contributed by atoms with Crippen LogP contribution < -0.4 is 5.48 Å². The Morgan fingerprint density at radius 3 is 2.18 bits per heavy atom. The van der Waals surface area contributed by atoms with Gasteiger partial charge in [-0.25, -0.2) is 0 Å². The maximum Gasteiger partial charge on any atom is 0.118 e. The molecule has 0 amide bonds. The number of rotatable bonds is 1. The summed E-state index contributed by atoms with van der Waals surface area (Å²) in [5, 5.41) is 0. The third-order valence-electron chi connectivity index (χ3n) is 1.49. The zero-order chi connectivity index (χ0) is 8.85. The van der Waals surface area contributed by atoms with Gasteiger partial charge in [0.2, 0.25) is 0 Å². The molecular weight excluding hydrogens is 138 g/mol. The maximum atomic E-state index is 5.04. The predicted octanol–water partition coefficient (Wildman–Crippen LogP) is 2.48. The van der Waals surface area contributed by atoms with Crippen molar-refractivity contribution in [3.8, 4) is 0 Å². The topological polar surface area (TPSA) is 21.3 Å². The van der Waals surface area contributed by atoms with Gasteiger partial charge in [-0.3, -0.25) is 0 Å². The smallest absolute Gasteiger partial charge is 0.118 e. The fourth-order valence-corrected chi connectivity index (χ4v) is 0.810. The van der Waals surface area contributed by atoms with Gasteiger partial charge in [-0.15, -0.1) is 5.48 Å². The van der Waals surface area contributed by atoms with Crippen LogP contribution in [0, 0.1) is 5.92 Å². The fourth-order valence-electron chi connectivity index (χ4n) is 0.810. The van der Waals surface area contributed by atoms with Crippen molar-refractivity contribution < 1.29 is 4.84 Å². The van der Waals surface area contributed by atoms with E-state index in [1.807, 2.05) is 20.8 Å². The molecule has 0 fully saturated rings. The summed E-state index contributed by atoms with van der Waals surface area (Å²) in [6.07, 6.45) is 2.10. The first-order valence-electron chi connectivity index (χ1n) is 4.31. The second-order valence-corrected chi connectivity index (χ2v) is 2.77. The predicted molar refractivity (Wildman–Crippen MR) is 48.0 cm³/mol.